The largest absolute Gasteiger partial charge is 0.333 e. The molecule has 2 aliphatic rings. The van der Waals surface area contributed by atoms with E-state index < -0.39 is 0 Å². The van der Waals surface area contributed by atoms with Crippen LogP contribution < -0.4 is 5.73 Å². The number of allylic oxidation sites excluding steroid dienone is 4. The molecule has 0 bridgehead atoms. The van der Waals surface area contributed by atoms with Crippen molar-refractivity contribution in [3.63, 3.8) is 0 Å². The van der Waals surface area contributed by atoms with Gasteiger partial charge in [-0.1, -0.05) is 134 Å². The van der Waals surface area contributed by atoms with Crippen molar-refractivity contribution in [2.24, 2.45) is 23.0 Å². The van der Waals surface area contributed by atoms with Crippen LogP contribution in [0.25, 0.3) is 0 Å². The van der Waals surface area contributed by atoms with Crippen molar-refractivity contribution in [3.8, 4) is 0 Å². The summed E-state index contributed by atoms with van der Waals surface area (Å²) in [6, 6.07) is 7.19. The highest BCUT2D eigenvalue weighted by molar-refractivity contribution is 5.37. The lowest BCUT2D eigenvalue weighted by Crippen LogP contribution is -2.41. The zero-order valence-electron chi connectivity index (χ0n) is 31.8. The number of nitrogens with two attached hydrogens (primary N) is 1. The SMILES string of the molecule is C=C(C)CCCCCCC/C=C\CCCCCCCC.C=CCCC1C2CCc3cc(C)ccc3C2CCC1(C)C.CC.CN. The van der Waals surface area contributed by atoms with E-state index in [0.29, 0.717) is 5.41 Å². The van der Waals surface area contributed by atoms with Crippen LogP contribution in [0.1, 0.15) is 186 Å². The third-order valence-corrected chi connectivity index (χ3v) is 10.1. The summed E-state index contributed by atoms with van der Waals surface area (Å²) in [5.41, 5.74) is 11.1. The van der Waals surface area contributed by atoms with Gasteiger partial charge in [0.05, 0.1) is 0 Å². The third kappa shape index (κ3) is 18.4. The Hall–Kier alpha value is -1.60. The molecule has 0 radical (unpaired) electrons. The minimum atomic E-state index is 0.506. The van der Waals surface area contributed by atoms with Crippen molar-refractivity contribution in [2.45, 2.75) is 183 Å². The van der Waals surface area contributed by atoms with E-state index in [1.165, 1.54) is 147 Å². The number of fused-ring (bicyclic) bond motifs is 3. The van der Waals surface area contributed by atoms with E-state index in [2.05, 4.69) is 89.9 Å². The molecule has 3 unspecified atom stereocenters. The molecular formula is C44H79N. The van der Waals surface area contributed by atoms with E-state index in [-0.39, 0.29) is 0 Å². The van der Waals surface area contributed by atoms with E-state index in [4.69, 9.17) is 0 Å². The van der Waals surface area contributed by atoms with E-state index in [0.717, 1.165) is 17.8 Å². The molecule has 1 saturated carbocycles. The van der Waals surface area contributed by atoms with Gasteiger partial charge in [-0.3, -0.25) is 0 Å². The van der Waals surface area contributed by atoms with Gasteiger partial charge >= 0.3 is 0 Å². The first-order valence-electron chi connectivity index (χ1n) is 19.4. The Morgan fingerprint density at radius 3 is 2.02 bits per heavy atom. The predicted molar refractivity (Wildman–Crippen MR) is 207 cm³/mol. The molecule has 45 heavy (non-hydrogen) atoms. The first kappa shape index (κ1) is 43.4. The second-order valence-corrected chi connectivity index (χ2v) is 14.3. The molecule has 0 heterocycles. The average molecular weight is 622 g/mol. The Morgan fingerprint density at radius 2 is 1.44 bits per heavy atom. The molecule has 1 heteroatoms. The van der Waals surface area contributed by atoms with Crippen molar-refractivity contribution >= 4 is 0 Å². The Balaban J connectivity index is 0.000000777. The molecule has 0 amide bonds. The summed E-state index contributed by atoms with van der Waals surface area (Å²) in [6.07, 6.45) is 34.0. The lowest BCUT2D eigenvalue weighted by molar-refractivity contribution is 0.0407. The molecule has 0 aromatic heterocycles. The molecule has 1 fully saturated rings. The van der Waals surface area contributed by atoms with Crippen molar-refractivity contribution in [1.82, 2.24) is 0 Å². The molecule has 0 spiro atoms. The van der Waals surface area contributed by atoms with E-state index in [9.17, 15) is 0 Å². The van der Waals surface area contributed by atoms with Gasteiger partial charge in [0.25, 0.3) is 0 Å². The fourth-order valence-corrected chi connectivity index (χ4v) is 7.61. The van der Waals surface area contributed by atoms with Crippen molar-refractivity contribution in [3.05, 3.63) is 71.8 Å². The summed E-state index contributed by atoms with van der Waals surface area (Å²) < 4.78 is 0. The standard InChI is InChI=1S/C21H30.C20H38.C2H6.CH5N/c1-5-6-7-20-19-11-9-16-14-15(2)8-10-17(16)18(19)12-13-21(20,3)4;1-4-5-6-7-8-9-10-11-12-13-14-15-16-17-18-19-20(2)3;2*1-2/h5,8,10,14,18-20H,1,6-7,9,11-13H2,2-4H3;11-12H,2,4-10,13-19H2,1,3H3;1-2H3;2H2,1H3/b;12-11-;;. The number of hydrogen-bond donors (Lipinski definition) is 1. The number of unbranched alkanes of at least 4 members (excludes halogenated alkanes) is 11. The maximum Gasteiger partial charge on any atom is -0.0128 e. The van der Waals surface area contributed by atoms with Crippen LogP contribution in [0.5, 0.6) is 0 Å². The summed E-state index contributed by atoms with van der Waals surface area (Å²) in [6.45, 7) is 23.5. The van der Waals surface area contributed by atoms with Crippen molar-refractivity contribution in [1.29, 1.82) is 0 Å². The summed E-state index contributed by atoms with van der Waals surface area (Å²) >= 11 is 0. The molecule has 0 saturated heterocycles. The van der Waals surface area contributed by atoms with Crippen LogP contribution in [0.4, 0.5) is 0 Å². The smallest absolute Gasteiger partial charge is 0.0128 e. The van der Waals surface area contributed by atoms with Crippen LogP contribution >= 0.6 is 0 Å². The summed E-state index contributed by atoms with van der Waals surface area (Å²) in [4.78, 5) is 0. The van der Waals surface area contributed by atoms with Crippen LogP contribution in [0.2, 0.25) is 0 Å². The Labute approximate surface area is 284 Å². The molecule has 3 rings (SSSR count). The molecular weight excluding hydrogens is 542 g/mol. The van der Waals surface area contributed by atoms with Gasteiger partial charge in [-0.25, -0.2) is 0 Å². The van der Waals surface area contributed by atoms with Crippen LogP contribution in [-0.2, 0) is 6.42 Å². The third-order valence-electron chi connectivity index (χ3n) is 10.1. The first-order valence-corrected chi connectivity index (χ1v) is 19.4. The molecule has 0 aliphatic heterocycles. The summed E-state index contributed by atoms with van der Waals surface area (Å²) in [5, 5.41) is 0. The monoisotopic (exact) mass is 622 g/mol. The van der Waals surface area contributed by atoms with Gasteiger partial charge in [0.1, 0.15) is 0 Å². The van der Waals surface area contributed by atoms with Gasteiger partial charge in [0.2, 0.25) is 0 Å². The van der Waals surface area contributed by atoms with Crippen LogP contribution in [0.3, 0.4) is 0 Å². The molecule has 1 nitrogen and oxygen atoms in total. The number of rotatable bonds is 18. The van der Waals surface area contributed by atoms with Crippen LogP contribution in [-0.4, -0.2) is 7.05 Å². The Kier molecular flexibility index (Phi) is 26.5. The average Bonchev–Trinajstić information content (AvgIpc) is 3.04. The highest BCUT2D eigenvalue weighted by Gasteiger charge is 2.45. The molecule has 1 aromatic rings. The quantitative estimate of drug-likeness (QED) is 0.128. The summed E-state index contributed by atoms with van der Waals surface area (Å²) in [5.74, 6) is 2.57. The molecule has 260 valence electrons. The minimum absolute atomic E-state index is 0.506. The minimum Gasteiger partial charge on any atom is -0.333 e. The molecule has 1 aromatic carbocycles. The van der Waals surface area contributed by atoms with Crippen molar-refractivity contribution in [2.75, 3.05) is 7.05 Å². The number of hydrogen-bond acceptors (Lipinski definition) is 1. The van der Waals surface area contributed by atoms with Gasteiger partial charge < -0.3 is 5.73 Å². The molecule has 3 atom stereocenters. The predicted octanol–water partition coefficient (Wildman–Crippen LogP) is 14.2. The van der Waals surface area contributed by atoms with Crippen LogP contribution in [0.15, 0.2) is 55.2 Å². The Morgan fingerprint density at radius 1 is 0.867 bits per heavy atom. The van der Waals surface area contributed by atoms with Gasteiger partial charge in [-0.15, -0.1) is 13.2 Å². The fourth-order valence-electron chi connectivity index (χ4n) is 7.61. The normalized spacial score (nSPS) is 19.4. The lowest BCUT2D eigenvalue weighted by Gasteiger charge is -2.51. The number of aryl methyl sites for hydroxylation is 2. The van der Waals surface area contributed by atoms with E-state index in [1.54, 1.807) is 11.1 Å². The topological polar surface area (TPSA) is 26.0 Å². The number of benzene rings is 1. The Bertz CT molecular complexity index is 890. The van der Waals surface area contributed by atoms with Crippen LogP contribution in [0, 0.1) is 24.2 Å². The second-order valence-electron chi connectivity index (χ2n) is 14.3. The maximum atomic E-state index is 4.50. The van der Waals surface area contributed by atoms with Gasteiger partial charge in [0, 0.05) is 0 Å². The van der Waals surface area contributed by atoms with E-state index in [1.807, 2.05) is 13.8 Å². The van der Waals surface area contributed by atoms with Crippen molar-refractivity contribution < 1.29 is 0 Å². The molecule has 2 N–H and O–H groups in total. The fraction of sp³-hybridized carbons (Fsp3) is 0.727. The lowest BCUT2D eigenvalue weighted by atomic mass is 9.54. The first-order chi connectivity index (χ1) is 21.8. The van der Waals surface area contributed by atoms with Gasteiger partial charge in [-0.05, 0) is 132 Å². The zero-order chi connectivity index (χ0) is 33.9. The van der Waals surface area contributed by atoms with E-state index >= 15 is 0 Å². The maximum absolute atomic E-state index is 4.50. The molecule has 2 aliphatic carbocycles. The highest BCUT2D eigenvalue weighted by Crippen LogP contribution is 2.55. The van der Waals surface area contributed by atoms with Gasteiger partial charge in [-0.2, -0.15) is 0 Å². The highest BCUT2D eigenvalue weighted by atomic mass is 14.5. The second kappa shape index (κ2) is 27.5. The summed E-state index contributed by atoms with van der Waals surface area (Å²) in [7, 11) is 1.50. The van der Waals surface area contributed by atoms with Gasteiger partial charge in [0.15, 0.2) is 0 Å². The zero-order valence-corrected chi connectivity index (χ0v) is 31.8.